The minimum absolute atomic E-state index is 0. The molecule has 0 saturated carbocycles. The molecule has 2 rings (SSSR count). The third kappa shape index (κ3) is 1.99. The first-order valence-corrected chi connectivity index (χ1v) is 3.46. The summed E-state index contributed by atoms with van der Waals surface area (Å²) in [5.74, 6) is 0.339. The van der Waals surface area contributed by atoms with Gasteiger partial charge >= 0.3 is 0 Å². The fourth-order valence-corrected chi connectivity index (χ4v) is 1.24. The minimum Gasteiger partial charge on any atom is -0.380 e. The van der Waals surface area contributed by atoms with Crippen molar-refractivity contribution in [3.8, 4) is 0 Å². The molecule has 0 aliphatic rings. The lowest BCUT2D eigenvalue weighted by Gasteiger charge is -1.89. The van der Waals surface area contributed by atoms with Crippen LogP contribution in [0.15, 0.2) is 22.7 Å². The van der Waals surface area contributed by atoms with Crippen LogP contribution in [0.3, 0.4) is 0 Å². The van der Waals surface area contributed by atoms with Gasteiger partial charge in [0.15, 0.2) is 11.4 Å². The van der Waals surface area contributed by atoms with Crippen molar-refractivity contribution >= 4 is 53.2 Å². The van der Waals surface area contributed by atoms with Crippen molar-refractivity contribution in [1.82, 2.24) is 5.16 Å². The van der Waals surface area contributed by atoms with Gasteiger partial charge in [0.1, 0.15) is 0 Å². The van der Waals surface area contributed by atoms with E-state index in [0.29, 0.717) is 21.8 Å². The Kier molecular flexibility index (Phi) is 4.33. The highest BCUT2D eigenvalue weighted by Crippen LogP contribution is 2.27. The van der Waals surface area contributed by atoms with E-state index in [1.807, 2.05) is 0 Å². The molecule has 72 valence electrons. The molecule has 0 unspecified atom stereocenters. The second kappa shape index (κ2) is 4.56. The van der Waals surface area contributed by atoms with Crippen LogP contribution in [0.5, 0.6) is 0 Å². The Balaban J connectivity index is 0.000000720. The molecule has 1 aromatic carbocycles. The zero-order valence-electron chi connectivity index (χ0n) is 6.36. The molecule has 0 fully saturated rings. The lowest BCUT2D eigenvalue weighted by Crippen LogP contribution is -1.83. The Bertz CT molecular complexity index is 402. The molecule has 0 aliphatic heterocycles. The first kappa shape index (κ1) is 12.4. The molecule has 0 spiro atoms. The fourth-order valence-electron chi connectivity index (χ4n) is 0.973. The molecule has 2 N–H and O–H groups in total. The third-order valence-corrected chi connectivity index (χ3v) is 1.79. The van der Waals surface area contributed by atoms with E-state index < -0.39 is 0 Å². The zero-order valence-corrected chi connectivity index (χ0v) is 8.75. The minimum atomic E-state index is 0. The molecular formula is C7H7Cl3N2O. The van der Waals surface area contributed by atoms with Crippen LogP contribution in [0.1, 0.15) is 0 Å². The van der Waals surface area contributed by atoms with E-state index in [4.69, 9.17) is 21.9 Å². The number of aromatic nitrogens is 1. The molecule has 0 radical (unpaired) electrons. The Labute approximate surface area is 92.0 Å². The van der Waals surface area contributed by atoms with E-state index in [1.54, 1.807) is 18.2 Å². The van der Waals surface area contributed by atoms with E-state index in [2.05, 4.69) is 5.16 Å². The van der Waals surface area contributed by atoms with Gasteiger partial charge in [-0.2, -0.15) is 0 Å². The molecule has 13 heavy (non-hydrogen) atoms. The van der Waals surface area contributed by atoms with Crippen molar-refractivity contribution in [2.45, 2.75) is 0 Å². The molecule has 1 aromatic heterocycles. The summed E-state index contributed by atoms with van der Waals surface area (Å²) in [7, 11) is 0. The van der Waals surface area contributed by atoms with E-state index >= 15 is 0 Å². The highest BCUT2D eigenvalue weighted by Gasteiger charge is 2.06. The largest absolute Gasteiger partial charge is 0.380 e. The number of anilines is 1. The van der Waals surface area contributed by atoms with E-state index in [9.17, 15) is 0 Å². The average Bonchev–Trinajstić information content (AvgIpc) is 2.34. The molecule has 2 aromatic rings. The topological polar surface area (TPSA) is 52.0 Å². The number of hydrogen-bond acceptors (Lipinski definition) is 3. The number of rotatable bonds is 0. The van der Waals surface area contributed by atoms with Gasteiger partial charge in [-0.1, -0.05) is 22.8 Å². The average molecular weight is 242 g/mol. The van der Waals surface area contributed by atoms with Crippen LogP contribution in [0.4, 0.5) is 5.82 Å². The number of fused-ring (bicyclic) bond motifs is 1. The fraction of sp³-hybridized carbons (Fsp3) is 0. The summed E-state index contributed by atoms with van der Waals surface area (Å²) in [6.45, 7) is 0. The number of hydrogen-bond donors (Lipinski definition) is 1. The van der Waals surface area contributed by atoms with E-state index in [1.165, 1.54) is 0 Å². The highest BCUT2D eigenvalue weighted by molar-refractivity contribution is 6.36. The van der Waals surface area contributed by atoms with Crippen LogP contribution in [-0.2, 0) is 0 Å². The van der Waals surface area contributed by atoms with Crippen LogP contribution in [0.25, 0.3) is 11.0 Å². The quantitative estimate of drug-likeness (QED) is 0.771. The Hall–Kier alpha value is -0.640. The van der Waals surface area contributed by atoms with Crippen molar-refractivity contribution in [3.63, 3.8) is 0 Å². The SMILES string of the molecule is Cl.Cl.Nc1noc2cccc(Cl)c12. The standard InChI is InChI=1S/C7H5ClN2O.2ClH/c8-4-2-1-3-5-6(4)7(9)10-11-5;;/h1-3H,(H2,9,10);2*1H. The zero-order chi connectivity index (χ0) is 7.84. The third-order valence-electron chi connectivity index (χ3n) is 1.47. The number of nitrogens with zero attached hydrogens (tertiary/aromatic N) is 1. The van der Waals surface area contributed by atoms with E-state index in [0.717, 1.165) is 0 Å². The van der Waals surface area contributed by atoms with Crippen LogP contribution in [0, 0.1) is 0 Å². The lowest BCUT2D eigenvalue weighted by atomic mass is 10.2. The number of benzene rings is 1. The monoisotopic (exact) mass is 240 g/mol. The molecule has 0 amide bonds. The van der Waals surface area contributed by atoms with Crippen LogP contribution >= 0.6 is 36.4 Å². The summed E-state index contributed by atoms with van der Waals surface area (Å²) in [6, 6.07) is 5.30. The first-order chi connectivity index (χ1) is 5.29. The summed E-state index contributed by atoms with van der Waals surface area (Å²) in [4.78, 5) is 0. The number of nitrogen functional groups attached to an aromatic ring is 1. The van der Waals surface area contributed by atoms with Gasteiger partial charge in [0.2, 0.25) is 0 Å². The summed E-state index contributed by atoms with van der Waals surface area (Å²) < 4.78 is 4.87. The summed E-state index contributed by atoms with van der Waals surface area (Å²) in [5, 5.41) is 4.83. The van der Waals surface area contributed by atoms with Gasteiger partial charge in [-0.05, 0) is 12.1 Å². The maximum Gasteiger partial charge on any atom is 0.176 e. The lowest BCUT2D eigenvalue weighted by molar-refractivity contribution is 0.460. The molecule has 3 nitrogen and oxygen atoms in total. The van der Waals surface area contributed by atoms with Crippen molar-refractivity contribution in [2.24, 2.45) is 0 Å². The maximum absolute atomic E-state index is 5.82. The second-order valence-corrected chi connectivity index (χ2v) is 2.59. The van der Waals surface area contributed by atoms with Gasteiger partial charge in [0.25, 0.3) is 0 Å². The molecular weight excluding hydrogens is 234 g/mol. The molecule has 0 aliphatic carbocycles. The number of nitrogens with two attached hydrogens (primary N) is 1. The Morgan fingerprint density at radius 2 is 2.00 bits per heavy atom. The molecule has 0 atom stereocenters. The van der Waals surface area contributed by atoms with Crippen LogP contribution in [0.2, 0.25) is 5.02 Å². The van der Waals surface area contributed by atoms with E-state index in [-0.39, 0.29) is 24.8 Å². The summed E-state index contributed by atoms with van der Waals surface area (Å²) >= 11 is 5.82. The first-order valence-electron chi connectivity index (χ1n) is 3.08. The normalized spacial score (nSPS) is 9.00. The molecule has 0 saturated heterocycles. The van der Waals surface area contributed by atoms with Crippen molar-refractivity contribution in [1.29, 1.82) is 0 Å². The van der Waals surface area contributed by atoms with Crippen LogP contribution < -0.4 is 5.73 Å². The maximum atomic E-state index is 5.82. The number of halogens is 3. The van der Waals surface area contributed by atoms with Gasteiger partial charge in [-0.25, -0.2) is 0 Å². The Morgan fingerprint density at radius 3 is 2.62 bits per heavy atom. The van der Waals surface area contributed by atoms with Crippen molar-refractivity contribution in [2.75, 3.05) is 5.73 Å². The smallest absolute Gasteiger partial charge is 0.176 e. The summed E-state index contributed by atoms with van der Waals surface area (Å²) in [5.41, 5.74) is 6.11. The van der Waals surface area contributed by atoms with Gasteiger partial charge < -0.3 is 10.3 Å². The van der Waals surface area contributed by atoms with Crippen LogP contribution in [-0.4, -0.2) is 5.16 Å². The van der Waals surface area contributed by atoms with Crippen molar-refractivity contribution in [3.05, 3.63) is 23.2 Å². The molecule has 1 heterocycles. The van der Waals surface area contributed by atoms with Gasteiger partial charge in [0, 0.05) is 0 Å². The highest BCUT2D eigenvalue weighted by atomic mass is 35.5. The predicted octanol–water partition coefficient (Wildman–Crippen LogP) is 2.91. The predicted molar refractivity (Wildman–Crippen MR) is 57.9 cm³/mol. The molecule has 0 bridgehead atoms. The van der Waals surface area contributed by atoms with Gasteiger partial charge in [-0.15, -0.1) is 24.8 Å². The second-order valence-electron chi connectivity index (χ2n) is 2.18. The van der Waals surface area contributed by atoms with Gasteiger partial charge in [0.05, 0.1) is 10.4 Å². The summed E-state index contributed by atoms with van der Waals surface area (Å²) in [6.07, 6.45) is 0. The van der Waals surface area contributed by atoms with Gasteiger partial charge in [-0.3, -0.25) is 0 Å². The Morgan fingerprint density at radius 1 is 1.31 bits per heavy atom. The van der Waals surface area contributed by atoms with Crippen molar-refractivity contribution < 1.29 is 4.52 Å². The molecule has 6 heteroatoms.